The predicted octanol–water partition coefficient (Wildman–Crippen LogP) is 1.45. The molecular weight excluding hydrogens is 366 g/mol. The predicted molar refractivity (Wildman–Crippen MR) is 112 cm³/mol. The Morgan fingerprint density at radius 3 is 2.72 bits per heavy atom. The van der Waals surface area contributed by atoms with Gasteiger partial charge in [0.05, 0.1) is 18.2 Å². The highest BCUT2D eigenvalue weighted by atomic mass is 16.1. The smallest absolute Gasteiger partial charge is 0.224 e. The third-order valence-corrected chi connectivity index (χ3v) is 5.96. The molecule has 2 saturated heterocycles. The minimum Gasteiger partial charge on any atom is -0.368 e. The molecule has 154 valence electrons. The number of hydrogen-bond donors (Lipinski definition) is 2. The summed E-state index contributed by atoms with van der Waals surface area (Å²) in [4.78, 5) is 30.0. The van der Waals surface area contributed by atoms with Gasteiger partial charge in [-0.1, -0.05) is 6.07 Å². The lowest BCUT2D eigenvalue weighted by molar-refractivity contribution is -0.127. The molecule has 1 atom stereocenters. The third kappa shape index (κ3) is 5.00. The van der Waals surface area contributed by atoms with Gasteiger partial charge in [0.15, 0.2) is 0 Å². The van der Waals surface area contributed by atoms with Crippen molar-refractivity contribution in [1.82, 2.24) is 25.2 Å². The first kappa shape index (κ1) is 19.6. The molecule has 3 N–H and O–H groups in total. The van der Waals surface area contributed by atoms with E-state index in [1.807, 2.05) is 24.3 Å². The molecule has 2 aliphatic heterocycles. The number of pyridine rings is 1. The van der Waals surface area contributed by atoms with Gasteiger partial charge in [-0.2, -0.15) is 4.98 Å². The van der Waals surface area contributed by atoms with Gasteiger partial charge in [0.1, 0.15) is 5.82 Å². The van der Waals surface area contributed by atoms with Gasteiger partial charge in [0.25, 0.3) is 0 Å². The molecule has 0 aromatic carbocycles. The second kappa shape index (κ2) is 9.17. The molecule has 0 bridgehead atoms. The number of aromatic nitrogens is 3. The first-order valence-electron chi connectivity index (χ1n) is 10.4. The topological polar surface area (TPSA) is 100 Å². The van der Waals surface area contributed by atoms with Gasteiger partial charge < -0.3 is 16.0 Å². The average molecular weight is 396 g/mol. The van der Waals surface area contributed by atoms with Crippen molar-refractivity contribution in [2.45, 2.75) is 38.3 Å². The van der Waals surface area contributed by atoms with Crippen LogP contribution in [0.25, 0.3) is 0 Å². The van der Waals surface area contributed by atoms with Crippen LogP contribution in [0.15, 0.2) is 36.7 Å². The maximum atomic E-state index is 12.7. The van der Waals surface area contributed by atoms with E-state index in [2.05, 4.69) is 30.1 Å². The quantitative estimate of drug-likeness (QED) is 0.790. The molecule has 8 nitrogen and oxygen atoms in total. The van der Waals surface area contributed by atoms with E-state index in [4.69, 9.17) is 5.73 Å². The number of carbonyl (C=O) groups excluding carboxylic acids is 1. The van der Waals surface area contributed by atoms with Crippen molar-refractivity contribution in [3.8, 4) is 0 Å². The summed E-state index contributed by atoms with van der Waals surface area (Å²) in [6.45, 7) is 4.33. The fourth-order valence-corrected chi connectivity index (χ4v) is 4.38. The summed E-state index contributed by atoms with van der Waals surface area (Å²) in [6, 6.07) is 8.21. The molecule has 29 heavy (non-hydrogen) atoms. The van der Waals surface area contributed by atoms with E-state index in [-0.39, 0.29) is 11.8 Å². The number of rotatable bonds is 5. The molecular formula is C21H29N7O. The molecule has 0 aliphatic carbocycles. The van der Waals surface area contributed by atoms with E-state index in [1.165, 1.54) is 0 Å². The molecule has 1 amide bonds. The highest BCUT2D eigenvalue weighted by Crippen LogP contribution is 2.26. The van der Waals surface area contributed by atoms with Crippen molar-refractivity contribution in [1.29, 1.82) is 0 Å². The van der Waals surface area contributed by atoms with E-state index in [1.54, 1.807) is 12.4 Å². The Morgan fingerprint density at radius 2 is 1.97 bits per heavy atom. The molecule has 4 heterocycles. The van der Waals surface area contributed by atoms with E-state index in [0.29, 0.717) is 18.5 Å². The second-order valence-electron chi connectivity index (χ2n) is 7.86. The molecule has 8 heteroatoms. The zero-order valence-corrected chi connectivity index (χ0v) is 16.7. The normalized spacial score (nSPS) is 21.1. The Hall–Kier alpha value is -2.74. The summed E-state index contributed by atoms with van der Waals surface area (Å²) in [6.07, 6.45) is 7.65. The zero-order valence-electron chi connectivity index (χ0n) is 16.7. The Balaban J connectivity index is 1.27. The molecule has 2 aromatic rings. The number of nitrogens with zero attached hydrogens (tertiary/aromatic N) is 5. The summed E-state index contributed by atoms with van der Waals surface area (Å²) in [5, 5.41) is 3.06. The van der Waals surface area contributed by atoms with Crippen LogP contribution in [0, 0.1) is 5.92 Å². The number of amides is 1. The number of anilines is 2. The summed E-state index contributed by atoms with van der Waals surface area (Å²) in [7, 11) is 0. The van der Waals surface area contributed by atoms with Crippen LogP contribution < -0.4 is 16.0 Å². The summed E-state index contributed by atoms with van der Waals surface area (Å²) in [5.41, 5.74) is 6.61. The standard InChI is InChI=1S/C21H29N7O/c22-21-24-10-6-19(26-21)27-12-7-18(8-13-27)28-11-3-4-16(15-28)20(29)25-14-17-5-1-2-9-23-17/h1-2,5-6,9-10,16,18H,3-4,7-8,11-15H2,(H,25,29)(H2,22,24,26). The number of piperidine rings is 2. The molecule has 2 aliphatic rings. The van der Waals surface area contributed by atoms with Crippen LogP contribution in [0.4, 0.5) is 11.8 Å². The van der Waals surface area contributed by atoms with Crippen molar-refractivity contribution < 1.29 is 4.79 Å². The van der Waals surface area contributed by atoms with Gasteiger partial charge in [-0.25, -0.2) is 4.98 Å². The lowest BCUT2D eigenvalue weighted by Gasteiger charge is -2.42. The average Bonchev–Trinajstić information content (AvgIpc) is 2.78. The number of nitrogens with one attached hydrogen (secondary N) is 1. The molecule has 2 fully saturated rings. The Kier molecular flexibility index (Phi) is 6.19. The Labute approximate surface area is 171 Å². The number of nitrogens with two attached hydrogens (primary N) is 1. The minimum atomic E-state index is 0.0622. The second-order valence-corrected chi connectivity index (χ2v) is 7.86. The molecule has 4 rings (SSSR count). The zero-order chi connectivity index (χ0) is 20.1. The molecule has 1 unspecified atom stereocenters. The van der Waals surface area contributed by atoms with Crippen LogP contribution in [0.3, 0.4) is 0 Å². The number of likely N-dealkylation sites (tertiary alicyclic amines) is 1. The largest absolute Gasteiger partial charge is 0.368 e. The SMILES string of the molecule is Nc1nccc(N2CCC(N3CCCC(C(=O)NCc4ccccn4)C3)CC2)n1. The number of hydrogen-bond acceptors (Lipinski definition) is 7. The van der Waals surface area contributed by atoms with Crippen molar-refractivity contribution >= 4 is 17.7 Å². The minimum absolute atomic E-state index is 0.0622. The third-order valence-electron chi connectivity index (χ3n) is 5.96. The van der Waals surface area contributed by atoms with Gasteiger partial charge in [-0.05, 0) is 50.4 Å². The first-order valence-corrected chi connectivity index (χ1v) is 10.4. The van der Waals surface area contributed by atoms with Crippen LogP contribution in [0.2, 0.25) is 0 Å². The van der Waals surface area contributed by atoms with Crippen LogP contribution in [0.1, 0.15) is 31.4 Å². The van der Waals surface area contributed by atoms with Crippen LogP contribution in [-0.2, 0) is 11.3 Å². The molecule has 0 spiro atoms. The molecule has 2 aromatic heterocycles. The summed E-state index contributed by atoms with van der Waals surface area (Å²) >= 11 is 0. The van der Waals surface area contributed by atoms with E-state index >= 15 is 0 Å². The van der Waals surface area contributed by atoms with Crippen LogP contribution >= 0.6 is 0 Å². The van der Waals surface area contributed by atoms with Gasteiger partial charge in [0, 0.05) is 38.1 Å². The lowest BCUT2D eigenvalue weighted by Crippen LogP contribution is -2.51. The fraction of sp³-hybridized carbons (Fsp3) is 0.524. The summed E-state index contributed by atoms with van der Waals surface area (Å²) in [5.74, 6) is 1.43. The maximum Gasteiger partial charge on any atom is 0.224 e. The van der Waals surface area contributed by atoms with Crippen LogP contribution in [-0.4, -0.2) is 58.0 Å². The van der Waals surface area contributed by atoms with Gasteiger partial charge in [-0.3, -0.25) is 14.7 Å². The van der Waals surface area contributed by atoms with Crippen molar-refractivity contribution in [2.24, 2.45) is 5.92 Å². The van der Waals surface area contributed by atoms with Crippen molar-refractivity contribution in [3.05, 3.63) is 42.4 Å². The van der Waals surface area contributed by atoms with Crippen molar-refractivity contribution in [2.75, 3.05) is 36.8 Å². The van der Waals surface area contributed by atoms with E-state index < -0.39 is 0 Å². The molecule has 0 radical (unpaired) electrons. The monoisotopic (exact) mass is 395 g/mol. The molecule has 0 saturated carbocycles. The van der Waals surface area contributed by atoms with Gasteiger partial charge in [0.2, 0.25) is 11.9 Å². The number of nitrogen functional groups attached to an aromatic ring is 1. The Bertz CT molecular complexity index is 808. The maximum absolute atomic E-state index is 12.7. The Morgan fingerprint density at radius 1 is 1.10 bits per heavy atom. The fourth-order valence-electron chi connectivity index (χ4n) is 4.38. The van der Waals surface area contributed by atoms with Crippen LogP contribution in [0.5, 0.6) is 0 Å². The highest BCUT2D eigenvalue weighted by molar-refractivity contribution is 5.78. The van der Waals surface area contributed by atoms with E-state index in [9.17, 15) is 4.79 Å². The van der Waals surface area contributed by atoms with E-state index in [0.717, 1.165) is 63.4 Å². The van der Waals surface area contributed by atoms with Crippen molar-refractivity contribution in [3.63, 3.8) is 0 Å². The highest BCUT2D eigenvalue weighted by Gasteiger charge is 2.31. The van der Waals surface area contributed by atoms with Gasteiger partial charge >= 0.3 is 0 Å². The number of carbonyl (C=O) groups is 1. The summed E-state index contributed by atoms with van der Waals surface area (Å²) < 4.78 is 0. The van der Waals surface area contributed by atoms with Gasteiger partial charge in [-0.15, -0.1) is 0 Å². The lowest BCUT2D eigenvalue weighted by atomic mass is 9.93. The first-order chi connectivity index (χ1) is 14.2.